The third-order valence-electron chi connectivity index (χ3n) is 2.61. The van der Waals surface area contributed by atoms with Crippen LogP contribution in [0.2, 0.25) is 0 Å². The van der Waals surface area contributed by atoms with Crippen molar-refractivity contribution in [3.63, 3.8) is 0 Å². The summed E-state index contributed by atoms with van der Waals surface area (Å²) in [4.78, 5) is 2.33. The van der Waals surface area contributed by atoms with Gasteiger partial charge in [0.2, 0.25) is 0 Å². The van der Waals surface area contributed by atoms with Gasteiger partial charge in [-0.25, -0.2) is 0 Å². The SMILES string of the molecule is CCCCC(CC)Cc1ccc[se]1. The van der Waals surface area contributed by atoms with E-state index in [1.165, 1.54) is 32.1 Å². The third kappa shape index (κ3) is 4.15. The van der Waals surface area contributed by atoms with E-state index in [1.54, 1.807) is 4.44 Å². The van der Waals surface area contributed by atoms with Crippen molar-refractivity contribution in [2.45, 2.75) is 46.0 Å². The fraction of sp³-hybridized carbons (Fsp3) is 0.667. The molecule has 0 radical (unpaired) electrons. The van der Waals surface area contributed by atoms with Crippen molar-refractivity contribution in [2.24, 2.45) is 5.92 Å². The van der Waals surface area contributed by atoms with E-state index in [9.17, 15) is 0 Å². The van der Waals surface area contributed by atoms with Crippen LogP contribution in [0.15, 0.2) is 17.1 Å². The van der Waals surface area contributed by atoms with E-state index in [2.05, 4.69) is 30.9 Å². The molecule has 0 aromatic carbocycles. The molecular weight excluding hydrogens is 223 g/mol. The van der Waals surface area contributed by atoms with Crippen molar-refractivity contribution in [2.75, 3.05) is 0 Å². The number of unbranched alkanes of at least 4 members (excludes halogenated alkanes) is 1. The molecule has 0 fully saturated rings. The minimum absolute atomic E-state index is 0.694. The summed E-state index contributed by atoms with van der Waals surface area (Å²) in [5.41, 5.74) is 0. The molecule has 0 bridgehead atoms. The Kier molecular flexibility index (Phi) is 5.50. The Morgan fingerprint density at radius 2 is 2.23 bits per heavy atom. The molecule has 0 aliphatic carbocycles. The molecule has 0 aliphatic heterocycles. The summed E-state index contributed by atoms with van der Waals surface area (Å²) in [6, 6.07) is 4.55. The van der Waals surface area contributed by atoms with E-state index in [0.717, 1.165) is 5.92 Å². The molecular formula is C12H20Se. The second-order valence-electron chi connectivity index (χ2n) is 3.70. The molecule has 1 heterocycles. The zero-order valence-electron chi connectivity index (χ0n) is 8.75. The van der Waals surface area contributed by atoms with E-state index in [4.69, 9.17) is 0 Å². The Morgan fingerprint density at radius 1 is 1.38 bits per heavy atom. The van der Waals surface area contributed by atoms with Crippen LogP contribution in [-0.4, -0.2) is 14.5 Å². The number of rotatable bonds is 6. The topological polar surface area (TPSA) is 0 Å². The molecule has 0 nitrogen and oxygen atoms in total. The quantitative estimate of drug-likeness (QED) is 0.671. The van der Waals surface area contributed by atoms with Gasteiger partial charge in [0.1, 0.15) is 0 Å². The van der Waals surface area contributed by atoms with Crippen LogP contribution in [-0.2, 0) is 6.42 Å². The van der Waals surface area contributed by atoms with E-state index >= 15 is 0 Å². The molecule has 0 amide bonds. The Hall–Kier alpha value is -0.000519. The molecule has 0 saturated heterocycles. The summed E-state index contributed by atoms with van der Waals surface area (Å²) in [5.74, 6) is 0.952. The summed E-state index contributed by atoms with van der Waals surface area (Å²) in [6.45, 7) is 4.61. The Labute approximate surface area is 88.1 Å². The van der Waals surface area contributed by atoms with Crippen LogP contribution in [0.3, 0.4) is 0 Å². The van der Waals surface area contributed by atoms with Crippen LogP contribution in [0, 0.1) is 5.92 Å². The van der Waals surface area contributed by atoms with Crippen molar-refractivity contribution in [1.82, 2.24) is 0 Å². The van der Waals surface area contributed by atoms with E-state index in [1.807, 2.05) is 0 Å². The normalized spacial score (nSPS) is 13.1. The van der Waals surface area contributed by atoms with Crippen LogP contribution in [0.1, 0.15) is 44.0 Å². The van der Waals surface area contributed by atoms with Crippen molar-refractivity contribution >= 4 is 14.5 Å². The second kappa shape index (κ2) is 6.45. The molecule has 0 spiro atoms. The maximum atomic E-state index is 2.33. The fourth-order valence-corrected chi connectivity index (χ4v) is 3.38. The predicted molar refractivity (Wildman–Crippen MR) is 60.4 cm³/mol. The molecule has 74 valence electrons. The summed E-state index contributed by atoms with van der Waals surface area (Å²) >= 11 is 0.694. The summed E-state index contributed by atoms with van der Waals surface area (Å²) in [7, 11) is 0. The van der Waals surface area contributed by atoms with Gasteiger partial charge in [0.25, 0.3) is 0 Å². The first kappa shape index (κ1) is 11.1. The summed E-state index contributed by atoms with van der Waals surface area (Å²) in [5, 5.41) is 0. The van der Waals surface area contributed by atoms with Crippen LogP contribution < -0.4 is 0 Å². The first-order valence-electron chi connectivity index (χ1n) is 5.39. The van der Waals surface area contributed by atoms with Crippen LogP contribution in [0.5, 0.6) is 0 Å². The number of hydrogen-bond acceptors (Lipinski definition) is 0. The van der Waals surface area contributed by atoms with Crippen molar-refractivity contribution in [3.05, 3.63) is 21.5 Å². The van der Waals surface area contributed by atoms with Crippen LogP contribution in [0.4, 0.5) is 0 Å². The summed E-state index contributed by atoms with van der Waals surface area (Å²) in [6.07, 6.45) is 6.91. The molecule has 0 aliphatic rings. The monoisotopic (exact) mass is 244 g/mol. The standard InChI is InChI=1S/C12H20Se/c1-3-5-7-11(4-2)10-12-8-6-9-13-12/h6,8-9,11H,3-5,7,10H2,1-2H3. The van der Waals surface area contributed by atoms with Gasteiger partial charge in [-0.2, -0.15) is 0 Å². The third-order valence-corrected chi connectivity index (χ3v) is 4.50. The van der Waals surface area contributed by atoms with Crippen LogP contribution >= 0.6 is 0 Å². The number of hydrogen-bond donors (Lipinski definition) is 0. The second-order valence-corrected chi connectivity index (χ2v) is 5.87. The van der Waals surface area contributed by atoms with E-state index < -0.39 is 0 Å². The predicted octanol–water partition coefficient (Wildman–Crippen LogP) is 3.50. The van der Waals surface area contributed by atoms with Gasteiger partial charge in [0.15, 0.2) is 0 Å². The molecule has 1 rings (SSSR count). The molecule has 1 unspecified atom stereocenters. The summed E-state index contributed by atoms with van der Waals surface area (Å²) < 4.78 is 1.70. The van der Waals surface area contributed by atoms with Crippen molar-refractivity contribution < 1.29 is 0 Å². The van der Waals surface area contributed by atoms with Crippen molar-refractivity contribution in [3.8, 4) is 0 Å². The average molecular weight is 243 g/mol. The molecule has 1 aromatic heterocycles. The fourth-order valence-electron chi connectivity index (χ4n) is 1.66. The Morgan fingerprint density at radius 3 is 2.77 bits per heavy atom. The van der Waals surface area contributed by atoms with Gasteiger partial charge in [-0.15, -0.1) is 0 Å². The van der Waals surface area contributed by atoms with Gasteiger partial charge in [0.05, 0.1) is 0 Å². The molecule has 0 N–H and O–H groups in total. The molecule has 1 atom stereocenters. The molecule has 13 heavy (non-hydrogen) atoms. The average Bonchev–Trinajstić information content (AvgIpc) is 2.64. The zero-order valence-corrected chi connectivity index (χ0v) is 10.5. The van der Waals surface area contributed by atoms with Crippen LogP contribution in [0.25, 0.3) is 0 Å². The van der Waals surface area contributed by atoms with Crippen molar-refractivity contribution in [1.29, 1.82) is 0 Å². The van der Waals surface area contributed by atoms with E-state index in [0.29, 0.717) is 14.5 Å². The van der Waals surface area contributed by atoms with Gasteiger partial charge < -0.3 is 0 Å². The van der Waals surface area contributed by atoms with Gasteiger partial charge in [0, 0.05) is 0 Å². The zero-order chi connectivity index (χ0) is 9.52. The van der Waals surface area contributed by atoms with Gasteiger partial charge >= 0.3 is 87.9 Å². The van der Waals surface area contributed by atoms with E-state index in [-0.39, 0.29) is 0 Å². The van der Waals surface area contributed by atoms with Gasteiger partial charge in [-0.05, 0) is 0 Å². The molecule has 1 aromatic rings. The first-order chi connectivity index (χ1) is 6.36. The molecule has 0 saturated carbocycles. The first-order valence-corrected chi connectivity index (χ1v) is 7.23. The molecule has 1 heteroatoms. The minimum atomic E-state index is 0.694. The van der Waals surface area contributed by atoms with Gasteiger partial charge in [-0.1, -0.05) is 0 Å². The maximum absolute atomic E-state index is 2.33. The van der Waals surface area contributed by atoms with Gasteiger partial charge in [-0.3, -0.25) is 0 Å². The Balaban J connectivity index is 2.31. The Bertz CT molecular complexity index is 201.